The fraction of sp³-hybridized carbons (Fsp3) is 0.462. The zero-order valence-electron chi connectivity index (χ0n) is 10.7. The summed E-state index contributed by atoms with van der Waals surface area (Å²) in [6, 6.07) is 5.46. The number of nitrogens with two attached hydrogens (primary N) is 1. The zero-order valence-corrected chi connectivity index (χ0v) is 10.7. The first-order valence-electron chi connectivity index (χ1n) is 6.06. The molecule has 0 spiro atoms. The van der Waals surface area contributed by atoms with Crippen molar-refractivity contribution in [1.82, 2.24) is 5.32 Å². The van der Waals surface area contributed by atoms with Gasteiger partial charge in [0.15, 0.2) is 0 Å². The van der Waals surface area contributed by atoms with Crippen LogP contribution in [0.2, 0.25) is 0 Å². The first-order valence-corrected chi connectivity index (χ1v) is 6.06. The molecule has 0 bridgehead atoms. The van der Waals surface area contributed by atoms with Crippen LogP contribution in [-0.2, 0) is 0 Å². The first-order chi connectivity index (χ1) is 8.52. The summed E-state index contributed by atoms with van der Waals surface area (Å²) < 4.78 is 12.9. The molecule has 0 aliphatic heterocycles. The van der Waals surface area contributed by atoms with Gasteiger partial charge in [0.25, 0.3) is 0 Å². The van der Waals surface area contributed by atoms with Gasteiger partial charge in [0.2, 0.25) is 0 Å². The van der Waals surface area contributed by atoms with Crippen LogP contribution in [0.1, 0.15) is 20.3 Å². The van der Waals surface area contributed by atoms with Gasteiger partial charge in [-0.25, -0.2) is 9.18 Å². The summed E-state index contributed by atoms with van der Waals surface area (Å²) in [7, 11) is 0. The molecule has 0 fully saturated rings. The van der Waals surface area contributed by atoms with Crippen molar-refractivity contribution in [2.45, 2.75) is 26.3 Å². The SMILES string of the molecule is CC(C)C(CCN)NC(=O)Nc1cccc(F)c1. The Morgan fingerprint density at radius 1 is 1.44 bits per heavy atom. The predicted molar refractivity (Wildman–Crippen MR) is 70.9 cm³/mol. The third kappa shape index (κ3) is 4.71. The third-order valence-corrected chi connectivity index (χ3v) is 2.68. The molecular formula is C13H20FN3O. The highest BCUT2D eigenvalue weighted by Gasteiger charge is 2.15. The predicted octanol–water partition coefficient (Wildman–Crippen LogP) is 2.32. The molecule has 1 rings (SSSR count). The summed E-state index contributed by atoms with van der Waals surface area (Å²) in [5.41, 5.74) is 5.93. The number of nitrogens with one attached hydrogen (secondary N) is 2. The molecule has 1 atom stereocenters. The second kappa shape index (κ2) is 6.96. The van der Waals surface area contributed by atoms with Crippen molar-refractivity contribution in [3.63, 3.8) is 0 Å². The fourth-order valence-electron chi connectivity index (χ4n) is 1.65. The Hall–Kier alpha value is -1.62. The van der Waals surface area contributed by atoms with Crippen LogP contribution in [0.3, 0.4) is 0 Å². The van der Waals surface area contributed by atoms with E-state index in [9.17, 15) is 9.18 Å². The maximum atomic E-state index is 12.9. The number of anilines is 1. The van der Waals surface area contributed by atoms with E-state index < -0.39 is 0 Å². The molecule has 0 aromatic heterocycles. The number of amides is 2. The van der Waals surface area contributed by atoms with Gasteiger partial charge in [-0.2, -0.15) is 0 Å². The van der Waals surface area contributed by atoms with Gasteiger partial charge >= 0.3 is 6.03 Å². The topological polar surface area (TPSA) is 67.1 Å². The van der Waals surface area contributed by atoms with Crippen LogP contribution >= 0.6 is 0 Å². The van der Waals surface area contributed by atoms with Crippen molar-refractivity contribution in [1.29, 1.82) is 0 Å². The molecule has 0 radical (unpaired) electrons. The van der Waals surface area contributed by atoms with Crippen LogP contribution in [0.25, 0.3) is 0 Å². The second-order valence-electron chi connectivity index (χ2n) is 4.54. The summed E-state index contributed by atoms with van der Waals surface area (Å²) in [4.78, 5) is 11.7. The van der Waals surface area contributed by atoms with Crippen LogP contribution in [0.4, 0.5) is 14.9 Å². The molecule has 0 aliphatic carbocycles. The minimum absolute atomic E-state index is 0.0172. The fourth-order valence-corrected chi connectivity index (χ4v) is 1.65. The molecule has 0 saturated carbocycles. The van der Waals surface area contributed by atoms with Gasteiger partial charge in [-0.05, 0) is 37.1 Å². The second-order valence-corrected chi connectivity index (χ2v) is 4.54. The molecule has 5 heteroatoms. The highest BCUT2D eigenvalue weighted by atomic mass is 19.1. The molecule has 1 aromatic carbocycles. The number of halogens is 1. The van der Waals surface area contributed by atoms with Crippen molar-refractivity contribution >= 4 is 11.7 Å². The Balaban J connectivity index is 2.55. The molecule has 0 aliphatic rings. The molecule has 18 heavy (non-hydrogen) atoms. The summed E-state index contributed by atoms with van der Waals surface area (Å²) in [5.74, 6) is -0.0815. The van der Waals surface area contributed by atoms with Gasteiger partial charge in [0, 0.05) is 11.7 Å². The van der Waals surface area contributed by atoms with E-state index in [0.717, 1.165) is 0 Å². The van der Waals surface area contributed by atoms with E-state index >= 15 is 0 Å². The smallest absolute Gasteiger partial charge is 0.319 e. The molecular weight excluding hydrogens is 233 g/mol. The van der Waals surface area contributed by atoms with E-state index in [1.807, 2.05) is 13.8 Å². The van der Waals surface area contributed by atoms with Crippen LogP contribution in [-0.4, -0.2) is 18.6 Å². The van der Waals surface area contributed by atoms with Crippen LogP contribution in [0.15, 0.2) is 24.3 Å². The molecule has 2 amide bonds. The lowest BCUT2D eigenvalue weighted by Crippen LogP contribution is -2.42. The average molecular weight is 253 g/mol. The van der Waals surface area contributed by atoms with Gasteiger partial charge in [-0.3, -0.25) is 0 Å². The van der Waals surface area contributed by atoms with Crippen molar-refractivity contribution in [3.8, 4) is 0 Å². The summed E-state index contributed by atoms with van der Waals surface area (Å²) in [5, 5.41) is 5.43. The van der Waals surface area contributed by atoms with Gasteiger partial charge in [0.05, 0.1) is 0 Å². The molecule has 0 saturated heterocycles. The number of rotatable bonds is 5. The molecule has 1 unspecified atom stereocenters. The van der Waals surface area contributed by atoms with Crippen molar-refractivity contribution in [2.24, 2.45) is 11.7 Å². The number of carbonyl (C=O) groups excluding carboxylic acids is 1. The maximum absolute atomic E-state index is 12.9. The van der Waals surface area contributed by atoms with Crippen LogP contribution < -0.4 is 16.4 Å². The summed E-state index contributed by atoms with van der Waals surface area (Å²) >= 11 is 0. The number of urea groups is 1. The number of carbonyl (C=O) groups is 1. The Bertz CT molecular complexity index is 396. The van der Waals surface area contributed by atoms with Gasteiger partial charge in [-0.1, -0.05) is 19.9 Å². The third-order valence-electron chi connectivity index (χ3n) is 2.68. The lowest BCUT2D eigenvalue weighted by atomic mass is 10.0. The molecule has 0 heterocycles. The number of hydrogen-bond acceptors (Lipinski definition) is 2. The monoisotopic (exact) mass is 253 g/mol. The summed E-state index contributed by atoms with van der Waals surface area (Å²) in [6.45, 7) is 4.55. The van der Waals surface area contributed by atoms with Crippen molar-refractivity contribution in [3.05, 3.63) is 30.1 Å². The van der Waals surface area contributed by atoms with E-state index in [1.54, 1.807) is 12.1 Å². The van der Waals surface area contributed by atoms with E-state index in [0.29, 0.717) is 24.6 Å². The van der Waals surface area contributed by atoms with Gasteiger partial charge in [0.1, 0.15) is 5.82 Å². The van der Waals surface area contributed by atoms with E-state index in [2.05, 4.69) is 10.6 Å². The average Bonchev–Trinajstić information content (AvgIpc) is 2.28. The maximum Gasteiger partial charge on any atom is 0.319 e. The Morgan fingerprint density at radius 3 is 2.72 bits per heavy atom. The lowest BCUT2D eigenvalue weighted by Gasteiger charge is -2.21. The van der Waals surface area contributed by atoms with Crippen LogP contribution in [0.5, 0.6) is 0 Å². The minimum atomic E-state index is -0.379. The van der Waals surface area contributed by atoms with E-state index in [-0.39, 0.29) is 17.9 Å². The largest absolute Gasteiger partial charge is 0.335 e. The minimum Gasteiger partial charge on any atom is -0.335 e. The first kappa shape index (κ1) is 14.4. The van der Waals surface area contributed by atoms with Gasteiger partial charge < -0.3 is 16.4 Å². The highest BCUT2D eigenvalue weighted by molar-refractivity contribution is 5.89. The summed E-state index contributed by atoms with van der Waals surface area (Å²) in [6.07, 6.45) is 0.717. The number of benzene rings is 1. The highest BCUT2D eigenvalue weighted by Crippen LogP contribution is 2.10. The van der Waals surface area contributed by atoms with E-state index in [1.165, 1.54) is 12.1 Å². The molecule has 100 valence electrons. The quantitative estimate of drug-likeness (QED) is 0.754. The molecule has 4 nitrogen and oxygen atoms in total. The normalized spacial score (nSPS) is 12.3. The molecule has 1 aromatic rings. The lowest BCUT2D eigenvalue weighted by molar-refractivity contribution is 0.243. The van der Waals surface area contributed by atoms with E-state index in [4.69, 9.17) is 5.73 Å². The van der Waals surface area contributed by atoms with Gasteiger partial charge in [-0.15, -0.1) is 0 Å². The number of hydrogen-bond donors (Lipinski definition) is 3. The van der Waals surface area contributed by atoms with Crippen molar-refractivity contribution in [2.75, 3.05) is 11.9 Å². The zero-order chi connectivity index (χ0) is 13.5. The molecule has 4 N–H and O–H groups in total. The Kier molecular flexibility index (Phi) is 5.58. The Morgan fingerprint density at radius 2 is 2.17 bits per heavy atom. The van der Waals surface area contributed by atoms with Crippen molar-refractivity contribution < 1.29 is 9.18 Å². The Labute approximate surface area is 107 Å². The van der Waals surface area contributed by atoms with Crippen LogP contribution in [0, 0.1) is 11.7 Å². The standard InChI is InChI=1S/C13H20FN3O/c1-9(2)12(6-7-15)17-13(18)16-11-5-3-4-10(14)8-11/h3-5,8-9,12H,6-7,15H2,1-2H3,(H2,16,17,18).